The Labute approximate surface area is 186 Å². The lowest BCUT2D eigenvalue weighted by Crippen LogP contribution is -2.30. The molecule has 2 aromatic carbocycles. The molecule has 0 aliphatic heterocycles. The number of ether oxygens (including phenoxy) is 1. The molecule has 0 spiro atoms. The molecule has 0 unspecified atom stereocenters. The van der Waals surface area contributed by atoms with E-state index >= 15 is 0 Å². The van der Waals surface area contributed by atoms with Crippen molar-refractivity contribution in [1.29, 1.82) is 0 Å². The molecule has 32 heavy (non-hydrogen) atoms. The van der Waals surface area contributed by atoms with Gasteiger partial charge in [0.2, 0.25) is 10.0 Å². The number of nitrogens with zero attached hydrogens (tertiary/aromatic N) is 3. The lowest BCUT2D eigenvalue weighted by Gasteiger charge is -2.20. The molecule has 3 rings (SSSR count). The number of anilines is 1. The van der Waals surface area contributed by atoms with Crippen molar-refractivity contribution in [3.05, 3.63) is 66.2 Å². The zero-order valence-corrected chi connectivity index (χ0v) is 18.9. The first-order valence-electron chi connectivity index (χ1n) is 10.2. The standard InChI is InChI=1S/C22H25FN4O4S/c1-4-26(5-2)32(29,30)18-10-11-21(31-6-3)20(15-18)24-22(28)19-12-13-27(25-19)17-9-7-8-16(23)14-17/h7-15H,4-6H2,1-3H3,(H,24,28). The SMILES string of the molecule is CCOc1ccc(S(=O)(=O)N(CC)CC)cc1NC(=O)c1ccn(-c2cccc(F)c2)n1. The maximum atomic E-state index is 13.5. The second-order valence-electron chi connectivity index (χ2n) is 6.76. The Morgan fingerprint density at radius 1 is 1.12 bits per heavy atom. The molecule has 1 N–H and O–H groups in total. The van der Waals surface area contributed by atoms with Crippen LogP contribution in [0.4, 0.5) is 10.1 Å². The Morgan fingerprint density at radius 3 is 2.53 bits per heavy atom. The van der Waals surface area contributed by atoms with Gasteiger partial charge in [-0.3, -0.25) is 4.79 Å². The molecule has 0 radical (unpaired) electrons. The number of amides is 1. The second kappa shape index (κ2) is 9.92. The van der Waals surface area contributed by atoms with Gasteiger partial charge in [0.15, 0.2) is 5.69 Å². The molecule has 0 saturated heterocycles. The third-order valence-electron chi connectivity index (χ3n) is 4.74. The van der Waals surface area contributed by atoms with Crippen LogP contribution in [0.15, 0.2) is 59.6 Å². The van der Waals surface area contributed by atoms with Gasteiger partial charge in [-0.25, -0.2) is 17.5 Å². The number of hydrogen-bond donors (Lipinski definition) is 1. The Hall–Kier alpha value is -3.24. The maximum Gasteiger partial charge on any atom is 0.276 e. The molecule has 0 fully saturated rings. The number of halogens is 1. The summed E-state index contributed by atoms with van der Waals surface area (Å²) < 4.78 is 47.5. The Balaban J connectivity index is 1.91. The minimum atomic E-state index is -3.72. The molecule has 0 bridgehead atoms. The third kappa shape index (κ3) is 4.97. The van der Waals surface area contributed by atoms with Crippen molar-refractivity contribution < 1.29 is 22.3 Å². The molecule has 1 amide bonds. The number of rotatable bonds is 9. The normalized spacial score (nSPS) is 11.5. The predicted octanol–water partition coefficient (Wildman–Crippen LogP) is 3.69. The van der Waals surface area contributed by atoms with Gasteiger partial charge in [0.05, 0.1) is 22.9 Å². The molecule has 1 aromatic heterocycles. The average Bonchev–Trinajstić information content (AvgIpc) is 3.26. The molecular weight excluding hydrogens is 435 g/mol. The van der Waals surface area contributed by atoms with Crippen LogP contribution in [0.5, 0.6) is 5.75 Å². The third-order valence-corrected chi connectivity index (χ3v) is 6.78. The van der Waals surface area contributed by atoms with E-state index in [2.05, 4.69) is 10.4 Å². The summed E-state index contributed by atoms with van der Waals surface area (Å²) >= 11 is 0. The van der Waals surface area contributed by atoms with Gasteiger partial charge < -0.3 is 10.1 Å². The quantitative estimate of drug-likeness (QED) is 0.526. The molecule has 0 atom stereocenters. The van der Waals surface area contributed by atoms with E-state index in [9.17, 15) is 17.6 Å². The van der Waals surface area contributed by atoms with Crippen LogP contribution < -0.4 is 10.1 Å². The number of aromatic nitrogens is 2. The highest BCUT2D eigenvalue weighted by Gasteiger charge is 2.24. The lowest BCUT2D eigenvalue weighted by atomic mass is 10.2. The van der Waals surface area contributed by atoms with Crippen LogP contribution in [0.1, 0.15) is 31.3 Å². The summed E-state index contributed by atoms with van der Waals surface area (Å²) in [6, 6.07) is 11.6. The highest BCUT2D eigenvalue weighted by atomic mass is 32.2. The van der Waals surface area contributed by atoms with E-state index in [0.717, 1.165) is 0 Å². The highest BCUT2D eigenvalue weighted by molar-refractivity contribution is 7.89. The fourth-order valence-electron chi connectivity index (χ4n) is 3.16. The van der Waals surface area contributed by atoms with E-state index in [4.69, 9.17) is 4.74 Å². The van der Waals surface area contributed by atoms with Crippen molar-refractivity contribution in [2.75, 3.05) is 25.0 Å². The van der Waals surface area contributed by atoms with Crippen molar-refractivity contribution >= 4 is 21.6 Å². The molecule has 1 heterocycles. The summed E-state index contributed by atoms with van der Waals surface area (Å²) in [6.07, 6.45) is 1.54. The number of sulfonamides is 1. The summed E-state index contributed by atoms with van der Waals surface area (Å²) in [6.45, 7) is 6.28. The van der Waals surface area contributed by atoms with Crippen LogP contribution >= 0.6 is 0 Å². The summed E-state index contributed by atoms with van der Waals surface area (Å²) in [5.41, 5.74) is 0.755. The van der Waals surface area contributed by atoms with Gasteiger partial charge >= 0.3 is 0 Å². The van der Waals surface area contributed by atoms with E-state index in [1.54, 1.807) is 32.9 Å². The average molecular weight is 461 g/mol. The zero-order chi connectivity index (χ0) is 23.3. The van der Waals surface area contributed by atoms with E-state index in [1.165, 1.54) is 51.6 Å². The molecule has 8 nitrogen and oxygen atoms in total. The van der Waals surface area contributed by atoms with Crippen LogP contribution in [0.25, 0.3) is 5.69 Å². The minimum absolute atomic E-state index is 0.0465. The van der Waals surface area contributed by atoms with Gasteiger partial charge in [0.1, 0.15) is 11.6 Å². The Kier molecular flexibility index (Phi) is 7.26. The first kappa shape index (κ1) is 23.4. The van der Waals surface area contributed by atoms with Crippen LogP contribution in [0.2, 0.25) is 0 Å². The molecule has 0 aliphatic rings. The van der Waals surface area contributed by atoms with Crippen LogP contribution in [0.3, 0.4) is 0 Å². The molecule has 3 aromatic rings. The van der Waals surface area contributed by atoms with Crippen molar-refractivity contribution in [3.8, 4) is 11.4 Å². The van der Waals surface area contributed by atoms with Gasteiger partial charge in [0, 0.05) is 19.3 Å². The highest BCUT2D eigenvalue weighted by Crippen LogP contribution is 2.29. The molecule has 10 heteroatoms. The summed E-state index contributed by atoms with van der Waals surface area (Å²) in [4.78, 5) is 12.9. The fourth-order valence-corrected chi connectivity index (χ4v) is 4.64. The number of benzene rings is 2. The van der Waals surface area contributed by atoms with E-state index in [0.29, 0.717) is 31.1 Å². The minimum Gasteiger partial charge on any atom is -0.492 e. The van der Waals surface area contributed by atoms with Crippen LogP contribution in [-0.2, 0) is 10.0 Å². The topological polar surface area (TPSA) is 93.5 Å². The van der Waals surface area contributed by atoms with Gasteiger partial charge in [-0.1, -0.05) is 19.9 Å². The number of nitrogens with one attached hydrogen (secondary N) is 1. The van der Waals surface area contributed by atoms with Crippen LogP contribution in [0, 0.1) is 5.82 Å². The lowest BCUT2D eigenvalue weighted by molar-refractivity contribution is 0.102. The summed E-state index contributed by atoms with van der Waals surface area (Å²) in [5.74, 6) is -0.640. The smallest absolute Gasteiger partial charge is 0.276 e. The maximum absolute atomic E-state index is 13.5. The molecule has 170 valence electrons. The van der Waals surface area contributed by atoms with Crippen molar-refractivity contribution in [1.82, 2.24) is 14.1 Å². The summed E-state index contributed by atoms with van der Waals surface area (Å²) in [5, 5.41) is 6.87. The molecular formula is C22H25FN4O4S. The number of carbonyl (C=O) groups is 1. The van der Waals surface area contributed by atoms with Crippen molar-refractivity contribution in [3.63, 3.8) is 0 Å². The monoisotopic (exact) mass is 460 g/mol. The van der Waals surface area contributed by atoms with Crippen molar-refractivity contribution in [2.24, 2.45) is 0 Å². The van der Waals surface area contributed by atoms with E-state index < -0.39 is 21.7 Å². The predicted molar refractivity (Wildman–Crippen MR) is 119 cm³/mol. The zero-order valence-electron chi connectivity index (χ0n) is 18.1. The van der Waals surface area contributed by atoms with Gasteiger partial charge in [0.25, 0.3) is 5.91 Å². The van der Waals surface area contributed by atoms with Crippen molar-refractivity contribution in [2.45, 2.75) is 25.7 Å². The first-order valence-corrected chi connectivity index (χ1v) is 11.6. The van der Waals surface area contributed by atoms with Gasteiger partial charge in [-0.2, -0.15) is 9.40 Å². The summed E-state index contributed by atoms with van der Waals surface area (Å²) in [7, 11) is -3.72. The van der Waals surface area contributed by atoms with E-state index in [-0.39, 0.29) is 16.3 Å². The van der Waals surface area contributed by atoms with E-state index in [1.807, 2.05) is 0 Å². The first-order chi connectivity index (χ1) is 15.3. The number of carbonyl (C=O) groups excluding carboxylic acids is 1. The van der Waals surface area contributed by atoms with Gasteiger partial charge in [-0.15, -0.1) is 0 Å². The number of hydrogen-bond acceptors (Lipinski definition) is 5. The Bertz CT molecular complexity index is 1210. The largest absolute Gasteiger partial charge is 0.492 e. The van der Waals surface area contributed by atoms with Crippen LogP contribution in [-0.4, -0.2) is 48.1 Å². The molecule has 0 saturated carbocycles. The molecule has 0 aliphatic carbocycles. The second-order valence-corrected chi connectivity index (χ2v) is 8.70. The fraction of sp³-hybridized carbons (Fsp3) is 0.273. The Morgan fingerprint density at radius 2 is 1.88 bits per heavy atom. The van der Waals surface area contributed by atoms with Gasteiger partial charge in [-0.05, 0) is 49.4 Å².